The number of carbonyl (C=O) groups is 1. The fourth-order valence-corrected chi connectivity index (χ4v) is 1.38. The molecule has 88 valence electrons. The van der Waals surface area contributed by atoms with Crippen LogP contribution in [0.3, 0.4) is 0 Å². The van der Waals surface area contributed by atoms with Crippen molar-refractivity contribution in [3.05, 3.63) is 23.9 Å². The largest absolute Gasteiger partial charge is 0.352 e. The van der Waals surface area contributed by atoms with Gasteiger partial charge in [-0.15, -0.1) is 0 Å². The summed E-state index contributed by atoms with van der Waals surface area (Å²) in [5, 5.41) is 2.83. The molecular weight excluding hydrogens is 204 g/mol. The minimum atomic E-state index is -0.142. The number of nitrogens with one attached hydrogen (secondary N) is 2. The molecule has 1 amide bonds. The molecule has 0 aliphatic heterocycles. The summed E-state index contributed by atoms with van der Waals surface area (Å²) >= 11 is 0. The van der Waals surface area contributed by atoms with Crippen molar-refractivity contribution in [1.29, 1.82) is 0 Å². The van der Waals surface area contributed by atoms with Crippen molar-refractivity contribution in [1.82, 2.24) is 10.3 Å². The predicted molar refractivity (Wildman–Crippen MR) is 63.9 cm³/mol. The lowest BCUT2D eigenvalue weighted by atomic mass is 10.2. The highest BCUT2D eigenvalue weighted by molar-refractivity contribution is 5.98. The Labute approximate surface area is 95.4 Å². The van der Waals surface area contributed by atoms with E-state index < -0.39 is 0 Å². The normalized spacial score (nSPS) is 9.88. The molecule has 0 aliphatic rings. The van der Waals surface area contributed by atoms with Crippen molar-refractivity contribution >= 4 is 11.7 Å². The maximum atomic E-state index is 11.7. The Morgan fingerprint density at radius 2 is 2.31 bits per heavy atom. The van der Waals surface area contributed by atoms with E-state index in [9.17, 15) is 4.79 Å². The topological polar surface area (TPSA) is 80.0 Å². The van der Waals surface area contributed by atoms with E-state index in [1.54, 1.807) is 18.3 Å². The second-order valence-corrected chi connectivity index (χ2v) is 3.51. The van der Waals surface area contributed by atoms with Gasteiger partial charge in [-0.1, -0.05) is 19.8 Å². The van der Waals surface area contributed by atoms with Gasteiger partial charge in [-0.3, -0.25) is 4.79 Å². The van der Waals surface area contributed by atoms with Crippen LogP contribution in [0.5, 0.6) is 0 Å². The summed E-state index contributed by atoms with van der Waals surface area (Å²) in [7, 11) is 0. The maximum Gasteiger partial charge on any atom is 0.255 e. The van der Waals surface area contributed by atoms with Gasteiger partial charge in [0.15, 0.2) is 5.82 Å². The Morgan fingerprint density at radius 1 is 1.50 bits per heavy atom. The number of nitrogens with zero attached hydrogens (tertiary/aromatic N) is 1. The third-order valence-corrected chi connectivity index (χ3v) is 2.25. The minimum Gasteiger partial charge on any atom is -0.352 e. The lowest BCUT2D eigenvalue weighted by Gasteiger charge is -2.08. The number of unbranched alkanes of at least 4 members (excludes halogenated alkanes) is 2. The Bertz CT molecular complexity index is 341. The smallest absolute Gasteiger partial charge is 0.255 e. The Morgan fingerprint density at radius 3 is 3.00 bits per heavy atom. The molecule has 4 N–H and O–H groups in total. The van der Waals surface area contributed by atoms with E-state index in [0.717, 1.165) is 19.3 Å². The van der Waals surface area contributed by atoms with Crippen molar-refractivity contribution in [2.75, 3.05) is 12.0 Å². The lowest BCUT2D eigenvalue weighted by Crippen LogP contribution is -2.26. The molecule has 0 bridgehead atoms. The molecule has 0 spiro atoms. The third kappa shape index (κ3) is 3.51. The number of hydrogen-bond acceptors (Lipinski definition) is 4. The number of nitrogens with two attached hydrogens (primary N) is 1. The zero-order valence-electron chi connectivity index (χ0n) is 9.49. The molecule has 5 heteroatoms. The monoisotopic (exact) mass is 222 g/mol. The number of amides is 1. The van der Waals surface area contributed by atoms with E-state index in [-0.39, 0.29) is 5.91 Å². The van der Waals surface area contributed by atoms with Crippen molar-refractivity contribution in [2.45, 2.75) is 26.2 Å². The first kappa shape index (κ1) is 12.4. The van der Waals surface area contributed by atoms with Crippen LogP contribution in [0.2, 0.25) is 0 Å². The molecule has 1 heterocycles. The first-order valence-corrected chi connectivity index (χ1v) is 5.49. The summed E-state index contributed by atoms with van der Waals surface area (Å²) in [6.45, 7) is 2.81. The second kappa shape index (κ2) is 6.79. The number of hydrazine groups is 1. The molecule has 0 atom stereocenters. The van der Waals surface area contributed by atoms with Gasteiger partial charge in [-0.2, -0.15) is 0 Å². The number of hydrogen-bond donors (Lipinski definition) is 3. The minimum absolute atomic E-state index is 0.142. The van der Waals surface area contributed by atoms with Gasteiger partial charge in [0.1, 0.15) is 0 Å². The third-order valence-electron chi connectivity index (χ3n) is 2.25. The van der Waals surface area contributed by atoms with Gasteiger partial charge in [0, 0.05) is 12.7 Å². The highest BCUT2D eigenvalue weighted by atomic mass is 16.1. The van der Waals surface area contributed by atoms with Crippen LogP contribution in [-0.2, 0) is 0 Å². The van der Waals surface area contributed by atoms with Crippen molar-refractivity contribution in [2.24, 2.45) is 5.84 Å². The molecule has 0 aliphatic carbocycles. The van der Waals surface area contributed by atoms with Crippen LogP contribution in [0.1, 0.15) is 36.5 Å². The van der Waals surface area contributed by atoms with Crippen LogP contribution in [0.15, 0.2) is 18.3 Å². The molecule has 1 aromatic heterocycles. The standard InChI is InChI=1S/C11H18N4O/c1-2-3-4-7-14-11(16)9-6-5-8-13-10(9)15-12/h5-6,8H,2-4,7,12H2,1H3,(H,13,15)(H,14,16). The molecule has 0 unspecified atom stereocenters. The highest BCUT2D eigenvalue weighted by Crippen LogP contribution is 2.09. The van der Waals surface area contributed by atoms with Gasteiger partial charge in [0.25, 0.3) is 5.91 Å². The molecule has 16 heavy (non-hydrogen) atoms. The number of nitrogen functional groups attached to an aromatic ring is 1. The quantitative estimate of drug-likeness (QED) is 0.385. The molecule has 1 rings (SSSR count). The molecule has 0 aromatic carbocycles. The van der Waals surface area contributed by atoms with Crippen LogP contribution in [0.4, 0.5) is 5.82 Å². The molecule has 0 saturated heterocycles. The summed E-state index contributed by atoms with van der Waals surface area (Å²) in [5.74, 6) is 5.53. The number of aromatic nitrogens is 1. The van der Waals surface area contributed by atoms with Gasteiger partial charge in [-0.05, 0) is 18.6 Å². The van der Waals surface area contributed by atoms with Crippen LogP contribution >= 0.6 is 0 Å². The van der Waals surface area contributed by atoms with Crippen molar-refractivity contribution in [3.8, 4) is 0 Å². The number of anilines is 1. The van der Waals surface area contributed by atoms with Gasteiger partial charge >= 0.3 is 0 Å². The average Bonchev–Trinajstić information content (AvgIpc) is 2.34. The summed E-state index contributed by atoms with van der Waals surface area (Å²) in [5.41, 5.74) is 2.88. The van der Waals surface area contributed by atoms with Crippen LogP contribution < -0.4 is 16.6 Å². The zero-order valence-corrected chi connectivity index (χ0v) is 9.49. The molecule has 0 saturated carbocycles. The summed E-state index contributed by atoms with van der Waals surface area (Å²) in [4.78, 5) is 15.7. The van der Waals surface area contributed by atoms with Crippen LogP contribution in [-0.4, -0.2) is 17.4 Å². The lowest BCUT2D eigenvalue weighted by molar-refractivity contribution is 0.0953. The first-order chi connectivity index (χ1) is 7.79. The van der Waals surface area contributed by atoms with Gasteiger partial charge in [-0.25, -0.2) is 10.8 Å². The average molecular weight is 222 g/mol. The maximum absolute atomic E-state index is 11.7. The van der Waals surface area contributed by atoms with E-state index in [1.165, 1.54) is 0 Å². The molecule has 0 fully saturated rings. The highest BCUT2D eigenvalue weighted by Gasteiger charge is 2.09. The van der Waals surface area contributed by atoms with Crippen LogP contribution in [0.25, 0.3) is 0 Å². The van der Waals surface area contributed by atoms with Gasteiger partial charge < -0.3 is 10.7 Å². The summed E-state index contributed by atoms with van der Waals surface area (Å²) < 4.78 is 0. The number of rotatable bonds is 6. The summed E-state index contributed by atoms with van der Waals surface area (Å²) in [6, 6.07) is 3.40. The van der Waals surface area contributed by atoms with Crippen LogP contribution in [0, 0.1) is 0 Å². The zero-order chi connectivity index (χ0) is 11.8. The SMILES string of the molecule is CCCCCNC(=O)c1cccnc1NN. The number of carbonyl (C=O) groups excluding carboxylic acids is 1. The molecule has 5 nitrogen and oxygen atoms in total. The molecule has 1 aromatic rings. The fraction of sp³-hybridized carbons (Fsp3) is 0.455. The van der Waals surface area contributed by atoms with Crippen molar-refractivity contribution in [3.63, 3.8) is 0 Å². The Balaban J connectivity index is 2.52. The second-order valence-electron chi connectivity index (χ2n) is 3.51. The first-order valence-electron chi connectivity index (χ1n) is 5.49. The van der Waals surface area contributed by atoms with E-state index >= 15 is 0 Å². The van der Waals surface area contributed by atoms with E-state index in [4.69, 9.17) is 5.84 Å². The van der Waals surface area contributed by atoms with Gasteiger partial charge in [0.2, 0.25) is 0 Å². The van der Waals surface area contributed by atoms with Crippen molar-refractivity contribution < 1.29 is 4.79 Å². The number of pyridine rings is 1. The predicted octanol–water partition coefficient (Wildman–Crippen LogP) is 1.29. The van der Waals surface area contributed by atoms with E-state index in [1.807, 2.05) is 0 Å². The Hall–Kier alpha value is -1.62. The Kier molecular flexibility index (Phi) is 5.28. The van der Waals surface area contributed by atoms with E-state index in [0.29, 0.717) is 17.9 Å². The fourth-order valence-electron chi connectivity index (χ4n) is 1.38. The molecule has 0 radical (unpaired) electrons. The summed E-state index contributed by atoms with van der Waals surface area (Å²) in [6.07, 6.45) is 4.84. The van der Waals surface area contributed by atoms with E-state index in [2.05, 4.69) is 22.7 Å². The molecular formula is C11H18N4O. The van der Waals surface area contributed by atoms with Gasteiger partial charge in [0.05, 0.1) is 5.56 Å².